The Morgan fingerprint density at radius 1 is 1.40 bits per heavy atom. The van der Waals surface area contributed by atoms with E-state index in [1.165, 1.54) is 24.2 Å². The molecule has 3 nitrogen and oxygen atoms in total. The van der Waals surface area contributed by atoms with Gasteiger partial charge in [-0.1, -0.05) is 0 Å². The van der Waals surface area contributed by atoms with Crippen LogP contribution in [0.4, 0.5) is 0 Å². The Labute approximate surface area is 90.7 Å². The molecule has 0 saturated heterocycles. The highest BCUT2D eigenvalue weighted by Gasteiger charge is 2.42. The highest BCUT2D eigenvalue weighted by Crippen LogP contribution is 2.48. The van der Waals surface area contributed by atoms with E-state index in [2.05, 4.69) is 42.2 Å². The number of hydrogen-bond donors (Lipinski definition) is 1. The third kappa shape index (κ3) is 1.99. The number of aromatic nitrogens is 1. The number of nitrogens with zero attached hydrogens (tertiary/aromatic N) is 2. The number of nitrogens with one attached hydrogen (secondary N) is 1. The molecule has 1 aliphatic carbocycles. The monoisotopic (exact) mass is 203 g/mol. The van der Waals surface area contributed by atoms with E-state index >= 15 is 0 Å². The molecule has 0 aromatic carbocycles. The van der Waals surface area contributed by atoms with Crippen molar-refractivity contribution in [3.8, 4) is 6.07 Å². The molecule has 1 saturated carbocycles. The average molecular weight is 203 g/mol. The lowest BCUT2D eigenvalue weighted by atomic mass is 10.0. The molecular weight excluding hydrogens is 186 g/mol. The maximum Gasteiger partial charge on any atom is 0.0628 e. The van der Waals surface area contributed by atoms with Gasteiger partial charge in [0.15, 0.2) is 0 Å². The molecule has 80 valence electrons. The molecule has 2 rings (SSSR count). The maximum atomic E-state index is 8.72. The third-order valence-electron chi connectivity index (χ3n) is 3.29. The molecule has 1 aromatic rings. The summed E-state index contributed by atoms with van der Waals surface area (Å²) >= 11 is 0. The van der Waals surface area contributed by atoms with Crippen molar-refractivity contribution in [2.75, 3.05) is 12.0 Å². The van der Waals surface area contributed by atoms with Crippen molar-refractivity contribution in [1.29, 1.82) is 5.26 Å². The second-order valence-electron chi connectivity index (χ2n) is 4.62. The molecule has 0 atom stereocenters. The SMILES string of the molecule is Cc1ccc(C)n1NCC1(CC#N)CC1. The van der Waals surface area contributed by atoms with Crippen molar-refractivity contribution in [3.63, 3.8) is 0 Å². The Morgan fingerprint density at radius 2 is 2.00 bits per heavy atom. The highest BCUT2D eigenvalue weighted by molar-refractivity contribution is 5.16. The number of nitriles is 1. The zero-order chi connectivity index (χ0) is 10.9. The van der Waals surface area contributed by atoms with Gasteiger partial charge >= 0.3 is 0 Å². The third-order valence-corrected chi connectivity index (χ3v) is 3.29. The van der Waals surface area contributed by atoms with Crippen molar-refractivity contribution in [3.05, 3.63) is 23.5 Å². The lowest BCUT2D eigenvalue weighted by molar-refractivity contribution is 0.527. The molecule has 1 aromatic heterocycles. The molecular formula is C12H17N3. The smallest absolute Gasteiger partial charge is 0.0628 e. The summed E-state index contributed by atoms with van der Waals surface area (Å²) in [4.78, 5) is 0. The number of aryl methyl sites for hydroxylation is 2. The Balaban J connectivity index is 1.97. The van der Waals surface area contributed by atoms with Crippen LogP contribution in [0.15, 0.2) is 12.1 Å². The normalized spacial score (nSPS) is 17.1. The van der Waals surface area contributed by atoms with Gasteiger partial charge in [0.2, 0.25) is 0 Å². The predicted octanol–water partition coefficient (Wildman–Crippen LogP) is 2.34. The van der Waals surface area contributed by atoms with Crippen LogP contribution in [-0.2, 0) is 0 Å². The van der Waals surface area contributed by atoms with E-state index in [-0.39, 0.29) is 5.41 Å². The summed E-state index contributed by atoms with van der Waals surface area (Å²) in [6, 6.07) is 6.49. The molecule has 1 N–H and O–H groups in total. The second-order valence-corrected chi connectivity index (χ2v) is 4.62. The van der Waals surface area contributed by atoms with E-state index in [1.54, 1.807) is 0 Å². The summed E-state index contributed by atoms with van der Waals surface area (Å²) in [5, 5.41) is 8.72. The van der Waals surface area contributed by atoms with Gasteiger partial charge in [0.05, 0.1) is 6.07 Å². The minimum absolute atomic E-state index is 0.262. The van der Waals surface area contributed by atoms with E-state index in [4.69, 9.17) is 5.26 Å². The Kier molecular flexibility index (Phi) is 2.44. The topological polar surface area (TPSA) is 40.8 Å². The predicted molar refractivity (Wildman–Crippen MR) is 60.0 cm³/mol. The summed E-state index contributed by atoms with van der Waals surface area (Å²) in [6.45, 7) is 5.09. The first-order chi connectivity index (χ1) is 7.17. The molecule has 0 radical (unpaired) electrons. The van der Waals surface area contributed by atoms with E-state index < -0.39 is 0 Å². The van der Waals surface area contributed by atoms with Crippen molar-refractivity contribution >= 4 is 0 Å². The van der Waals surface area contributed by atoms with E-state index in [1.807, 2.05) is 0 Å². The van der Waals surface area contributed by atoms with E-state index in [0.29, 0.717) is 6.42 Å². The standard InChI is InChI=1S/C12H17N3/c1-10-3-4-11(2)15(10)14-9-12(5-6-12)7-8-13/h3-4,14H,5-7,9H2,1-2H3. The fourth-order valence-electron chi connectivity index (χ4n) is 1.93. The van der Waals surface area contributed by atoms with Crippen LogP contribution in [0.1, 0.15) is 30.7 Å². The van der Waals surface area contributed by atoms with Crippen LogP contribution in [0.25, 0.3) is 0 Å². The van der Waals surface area contributed by atoms with Crippen molar-refractivity contribution in [2.45, 2.75) is 33.1 Å². The van der Waals surface area contributed by atoms with Crippen LogP contribution < -0.4 is 5.43 Å². The molecule has 1 fully saturated rings. The van der Waals surface area contributed by atoms with Gasteiger partial charge in [-0.05, 0) is 38.8 Å². The fraction of sp³-hybridized carbons (Fsp3) is 0.583. The van der Waals surface area contributed by atoms with Crippen LogP contribution in [0.5, 0.6) is 0 Å². The van der Waals surface area contributed by atoms with Gasteiger partial charge in [-0.3, -0.25) is 4.68 Å². The molecule has 0 unspecified atom stereocenters. The van der Waals surface area contributed by atoms with Crippen molar-refractivity contribution < 1.29 is 0 Å². The lowest BCUT2D eigenvalue weighted by Gasteiger charge is -2.17. The molecule has 1 heterocycles. The van der Waals surface area contributed by atoms with Crippen LogP contribution in [0.3, 0.4) is 0 Å². The molecule has 0 spiro atoms. The number of rotatable bonds is 4. The summed E-state index contributed by atoms with van der Waals surface area (Å²) in [6.07, 6.45) is 3.05. The Hall–Kier alpha value is -1.43. The molecule has 0 amide bonds. The zero-order valence-corrected chi connectivity index (χ0v) is 9.38. The van der Waals surface area contributed by atoms with E-state index in [9.17, 15) is 0 Å². The minimum atomic E-state index is 0.262. The highest BCUT2D eigenvalue weighted by atomic mass is 15.4. The molecule has 15 heavy (non-hydrogen) atoms. The second kappa shape index (κ2) is 3.62. The van der Waals surface area contributed by atoms with Gasteiger partial charge in [0.25, 0.3) is 0 Å². The Bertz CT molecular complexity index is 374. The molecule has 3 heteroatoms. The van der Waals surface area contributed by atoms with Crippen LogP contribution in [0, 0.1) is 30.6 Å². The van der Waals surface area contributed by atoms with Crippen molar-refractivity contribution in [1.82, 2.24) is 4.68 Å². The van der Waals surface area contributed by atoms with Gasteiger partial charge in [0, 0.05) is 29.8 Å². The quantitative estimate of drug-likeness (QED) is 0.816. The van der Waals surface area contributed by atoms with Gasteiger partial charge in [0.1, 0.15) is 0 Å². The minimum Gasteiger partial charge on any atom is -0.325 e. The zero-order valence-electron chi connectivity index (χ0n) is 9.38. The first-order valence-corrected chi connectivity index (χ1v) is 5.43. The average Bonchev–Trinajstić information content (AvgIpc) is 2.89. The van der Waals surface area contributed by atoms with Gasteiger partial charge < -0.3 is 5.43 Å². The molecule has 0 bridgehead atoms. The lowest BCUT2D eigenvalue weighted by Crippen LogP contribution is -2.24. The summed E-state index contributed by atoms with van der Waals surface area (Å²) < 4.78 is 2.11. The van der Waals surface area contributed by atoms with Crippen molar-refractivity contribution in [2.24, 2.45) is 5.41 Å². The summed E-state index contributed by atoms with van der Waals surface area (Å²) in [5.41, 5.74) is 6.12. The largest absolute Gasteiger partial charge is 0.325 e. The van der Waals surface area contributed by atoms with Crippen LogP contribution in [0.2, 0.25) is 0 Å². The summed E-state index contributed by atoms with van der Waals surface area (Å²) in [5.74, 6) is 0. The molecule has 1 aliphatic rings. The van der Waals surface area contributed by atoms with Crippen LogP contribution in [-0.4, -0.2) is 11.2 Å². The first kappa shape index (κ1) is 10.1. The Morgan fingerprint density at radius 3 is 2.47 bits per heavy atom. The fourth-order valence-corrected chi connectivity index (χ4v) is 1.93. The first-order valence-electron chi connectivity index (χ1n) is 5.43. The number of hydrogen-bond acceptors (Lipinski definition) is 2. The van der Waals surface area contributed by atoms with E-state index in [0.717, 1.165) is 6.54 Å². The summed E-state index contributed by atoms with van der Waals surface area (Å²) in [7, 11) is 0. The molecule has 0 aliphatic heterocycles. The van der Waals surface area contributed by atoms with Gasteiger partial charge in [-0.2, -0.15) is 5.26 Å². The van der Waals surface area contributed by atoms with Gasteiger partial charge in [-0.15, -0.1) is 0 Å². The van der Waals surface area contributed by atoms with Gasteiger partial charge in [-0.25, -0.2) is 0 Å². The maximum absolute atomic E-state index is 8.72. The van der Waals surface area contributed by atoms with Crippen LogP contribution >= 0.6 is 0 Å².